The third-order valence-corrected chi connectivity index (χ3v) is 1.78. The number of aromatic hydroxyl groups is 2. The van der Waals surface area contributed by atoms with Crippen LogP contribution < -0.4 is 0 Å². The van der Waals surface area contributed by atoms with Gasteiger partial charge in [0.25, 0.3) is 0 Å². The summed E-state index contributed by atoms with van der Waals surface area (Å²) in [5.74, 6) is -3.81. The van der Waals surface area contributed by atoms with Crippen LogP contribution in [0.5, 0.6) is 11.5 Å². The van der Waals surface area contributed by atoms with Gasteiger partial charge < -0.3 is 20.1 Å². The highest BCUT2D eigenvalue weighted by Gasteiger charge is 2.23. The molecule has 1 rings (SSSR count). The number of hydrogen-bond donors (Lipinski definition) is 3. The molecule has 0 heterocycles. The first-order valence-corrected chi connectivity index (χ1v) is 3.85. The van der Waals surface area contributed by atoms with Gasteiger partial charge in [-0.1, -0.05) is 0 Å². The van der Waals surface area contributed by atoms with E-state index in [1.165, 1.54) is 0 Å². The molecule has 0 radical (unpaired) electrons. The number of methoxy groups -OCH3 is 1. The molecule has 1 aromatic rings. The van der Waals surface area contributed by atoms with Crippen LogP contribution in [0.3, 0.4) is 0 Å². The highest BCUT2D eigenvalue weighted by molar-refractivity contribution is 6.05. The Labute approximate surface area is 84.3 Å². The monoisotopic (exact) mass is 212 g/mol. The molecule has 6 nitrogen and oxygen atoms in total. The fraction of sp³-hybridized carbons (Fsp3) is 0.111. The maximum absolute atomic E-state index is 11.2. The Morgan fingerprint density at radius 3 is 2.33 bits per heavy atom. The Balaban J connectivity index is 3.48. The zero-order valence-corrected chi connectivity index (χ0v) is 7.72. The van der Waals surface area contributed by atoms with Crippen LogP contribution in [0, 0.1) is 0 Å². The van der Waals surface area contributed by atoms with Crippen molar-refractivity contribution in [3.8, 4) is 11.5 Å². The van der Waals surface area contributed by atoms with Gasteiger partial charge in [0, 0.05) is 0 Å². The van der Waals surface area contributed by atoms with Crippen LogP contribution in [0.4, 0.5) is 0 Å². The summed E-state index contributed by atoms with van der Waals surface area (Å²) in [4.78, 5) is 21.9. The predicted molar refractivity (Wildman–Crippen MR) is 48.1 cm³/mol. The Bertz CT molecular complexity index is 423. The lowest BCUT2D eigenvalue weighted by atomic mass is 10.1. The molecule has 0 aromatic heterocycles. The molecule has 6 heteroatoms. The molecule has 0 aliphatic rings. The topological polar surface area (TPSA) is 104 Å². The molecule has 0 amide bonds. The molecule has 0 saturated carbocycles. The van der Waals surface area contributed by atoms with E-state index in [-0.39, 0.29) is 0 Å². The van der Waals surface area contributed by atoms with Crippen LogP contribution in [0.2, 0.25) is 0 Å². The predicted octanol–water partition coefficient (Wildman–Crippen LogP) is 0.583. The van der Waals surface area contributed by atoms with Crippen molar-refractivity contribution in [2.75, 3.05) is 7.11 Å². The van der Waals surface area contributed by atoms with Crippen LogP contribution >= 0.6 is 0 Å². The molecular weight excluding hydrogens is 204 g/mol. The fourth-order valence-electron chi connectivity index (χ4n) is 1.07. The lowest BCUT2D eigenvalue weighted by Gasteiger charge is -2.07. The van der Waals surface area contributed by atoms with Gasteiger partial charge in [0.05, 0.1) is 12.7 Å². The van der Waals surface area contributed by atoms with Gasteiger partial charge in [-0.25, -0.2) is 9.59 Å². The third kappa shape index (κ3) is 1.83. The van der Waals surface area contributed by atoms with Crippen molar-refractivity contribution in [2.24, 2.45) is 0 Å². The zero-order chi connectivity index (χ0) is 11.6. The average Bonchev–Trinajstić information content (AvgIpc) is 2.20. The van der Waals surface area contributed by atoms with Gasteiger partial charge in [-0.15, -0.1) is 0 Å². The number of phenolic OH excluding ortho intramolecular Hbond substituents is 2. The van der Waals surface area contributed by atoms with Crippen molar-refractivity contribution in [3.05, 3.63) is 23.3 Å². The summed E-state index contributed by atoms with van der Waals surface area (Å²) < 4.78 is 4.29. The molecule has 0 saturated heterocycles. The van der Waals surface area contributed by atoms with Crippen molar-refractivity contribution in [1.82, 2.24) is 0 Å². The second kappa shape index (κ2) is 3.87. The van der Waals surface area contributed by atoms with Gasteiger partial charge in [-0.2, -0.15) is 0 Å². The lowest BCUT2D eigenvalue weighted by molar-refractivity contribution is 0.0578. The minimum absolute atomic E-state index is 0.433. The molecule has 0 fully saturated rings. The maximum atomic E-state index is 11.2. The van der Waals surface area contributed by atoms with Crippen molar-refractivity contribution in [1.29, 1.82) is 0 Å². The van der Waals surface area contributed by atoms with Gasteiger partial charge in [0.2, 0.25) is 0 Å². The zero-order valence-electron chi connectivity index (χ0n) is 7.72. The normalized spacial score (nSPS) is 9.67. The first-order valence-electron chi connectivity index (χ1n) is 3.85. The second-order valence-electron chi connectivity index (χ2n) is 2.65. The van der Waals surface area contributed by atoms with E-state index >= 15 is 0 Å². The van der Waals surface area contributed by atoms with E-state index in [1.807, 2.05) is 0 Å². The van der Waals surface area contributed by atoms with Gasteiger partial charge in [0.15, 0.2) is 11.5 Å². The smallest absolute Gasteiger partial charge is 0.342 e. The lowest BCUT2D eigenvalue weighted by Crippen LogP contribution is -2.10. The Kier molecular flexibility index (Phi) is 2.80. The molecule has 0 aliphatic heterocycles. The molecule has 0 aliphatic carbocycles. The van der Waals surface area contributed by atoms with Crippen molar-refractivity contribution < 1.29 is 29.6 Å². The molecule has 15 heavy (non-hydrogen) atoms. The Morgan fingerprint density at radius 1 is 1.27 bits per heavy atom. The SMILES string of the molecule is COC(=O)c1c(C(=O)O)ccc(O)c1O. The average molecular weight is 212 g/mol. The Hall–Kier alpha value is -2.24. The first-order chi connectivity index (χ1) is 6.99. The number of phenols is 2. The van der Waals surface area contributed by atoms with E-state index in [9.17, 15) is 14.7 Å². The molecule has 80 valence electrons. The summed E-state index contributed by atoms with van der Waals surface area (Å²) in [7, 11) is 1.04. The number of carbonyl (C=O) groups is 2. The van der Waals surface area contributed by atoms with E-state index in [0.717, 1.165) is 19.2 Å². The van der Waals surface area contributed by atoms with E-state index in [4.69, 9.17) is 10.2 Å². The minimum Gasteiger partial charge on any atom is -0.504 e. The number of aromatic carboxylic acids is 1. The fourth-order valence-corrected chi connectivity index (χ4v) is 1.07. The summed E-state index contributed by atoms with van der Waals surface area (Å²) in [6.45, 7) is 0. The molecule has 0 unspecified atom stereocenters. The van der Waals surface area contributed by atoms with Crippen LogP contribution in [-0.4, -0.2) is 34.4 Å². The maximum Gasteiger partial charge on any atom is 0.342 e. The highest BCUT2D eigenvalue weighted by Crippen LogP contribution is 2.31. The van der Waals surface area contributed by atoms with Crippen LogP contribution in [0.15, 0.2) is 12.1 Å². The summed E-state index contributed by atoms with van der Waals surface area (Å²) in [6, 6.07) is 1.98. The van der Waals surface area contributed by atoms with E-state index in [1.54, 1.807) is 0 Å². The van der Waals surface area contributed by atoms with Crippen LogP contribution in [0.25, 0.3) is 0 Å². The van der Waals surface area contributed by atoms with Crippen LogP contribution in [-0.2, 0) is 4.74 Å². The summed E-state index contributed by atoms with van der Waals surface area (Å²) in [6.07, 6.45) is 0. The minimum atomic E-state index is -1.40. The summed E-state index contributed by atoms with van der Waals surface area (Å²) in [5, 5.41) is 27.1. The summed E-state index contributed by atoms with van der Waals surface area (Å²) in [5.41, 5.74) is -0.998. The van der Waals surface area contributed by atoms with Gasteiger partial charge >= 0.3 is 11.9 Å². The quantitative estimate of drug-likeness (QED) is 0.489. The van der Waals surface area contributed by atoms with Crippen molar-refractivity contribution in [2.45, 2.75) is 0 Å². The second-order valence-corrected chi connectivity index (χ2v) is 2.65. The number of carbonyl (C=O) groups excluding carboxylic acids is 1. The first kappa shape index (κ1) is 10.8. The number of carboxylic acid groups (broad SMARTS) is 1. The molecule has 3 N–H and O–H groups in total. The number of hydrogen-bond acceptors (Lipinski definition) is 5. The van der Waals surface area contributed by atoms with Crippen molar-refractivity contribution >= 4 is 11.9 Å². The van der Waals surface area contributed by atoms with E-state index < -0.39 is 34.6 Å². The van der Waals surface area contributed by atoms with E-state index in [0.29, 0.717) is 0 Å². The Morgan fingerprint density at radius 2 is 1.87 bits per heavy atom. The molecule has 0 bridgehead atoms. The van der Waals surface area contributed by atoms with Crippen LogP contribution in [0.1, 0.15) is 20.7 Å². The van der Waals surface area contributed by atoms with E-state index in [2.05, 4.69) is 4.74 Å². The summed E-state index contributed by atoms with van der Waals surface area (Å²) >= 11 is 0. The van der Waals surface area contributed by atoms with Gasteiger partial charge in [-0.05, 0) is 12.1 Å². The molecular formula is C9H8O6. The number of esters is 1. The molecule has 0 atom stereocenters. The number of benzene rings is 1. The largest absolute Gasteiger partial charge is 0.504 e. The number of ether oxygens (including phenoxy) is 1. The molecule has 0 spiro atoms. The molecule has 1 aromatic carbocycles. The highest BCUT2D eigenvalue weighted by atomic mass is 16.5. The van der Waals surface area contributed by atoms with Gasteiger partial charge in [0.1, 0.15) is 5.56 Å². The standard InChI is InChI=1S/C9H8O6/c1-15-9(14)6-4(8(12)13)2-3-5(10)7(6)11/h2-3,10-11H,1H3,(H,12,13). The number of carboxylic acids is 1. The van der Waals surface area contributed by atoms with Gasteiger partial charge in [-0.3, -0.25) is 0 Å². The third-order valence-electron chi connectivity index (χ3n) is 1.78. The number of rotatable bonds is 2. The van der Waals surface area contributed by atoms with Crippen molar-refractivity contribution in [3.63, 3.8) is 0 Å².